The van der Waals surface area contributed by atoms with Crippen LogP contribution in [0, 0.1) is 0 Å². The molecular weight excluding hydrogens is 239 g/mol. The minimum atomic E-state index is -4.35. The molecule has 0 fully saturated rings. The Bertz CT molecular complexity index is 219. The van der Waals surface area contributed by atoms with E-state index in [2.05, 4.69) is 0 Å². The van der Waals surface area contributed by atoms with Gasteiger partial charge in [-0.1, -0.05) is 11.8 Å². The molecule has 0 aromatic rings. The van der Waals surface area contributed by atoms with Gasteiger partial charge in [0.1, 0.15) is 0 Å². The monoisotopic (exact) mass is 250 g/mol. The number of carbonyl (C=O) groups excluding carboxylic acids is 1. The molecule has 0 radical (unpaired) electrons. The topological polar surface area (TPSA) is 17.1 Å². The van der Waals surface area contributed by atoms with Crippen molar-refractivity contribution < 1.29 is 26.7 Å². The number of alkyl halides is 5. The first-order valence-corrected chi connectivity index (χ1v) is 5.16. The van der Waals surface area contributed by atoms with E-state index >= 15 is 0 Å². The number of carbonyl (C=O) groups is 1. The van der Waals surface area contributed by atoms with E-state index in [9.17, 15) is 26.7 Å². The molecule has 0 unspecified atom stereocenters. The average Bonchev–Trinajstić information content (AvgIpc) is 2.02. The fourth-order valence-electron chi connectivity index (χ4n) is 0.807. The Balaban J connectivity index is 4.20. The first-order valence-electron chi connectivity index (χ1n) is 4.18. The Kier molecular flexibility index (Phi) is 5.55. The van der Waals surface area contributed by atoms with E-state index < -0.39 is 42.2 Å². The highest BCUT2D eigenvalue weighted by molar-refractivity contribution is 8.13. The van der Waals surface area contributed by atoms with Crippen LogP contribution in [0.15, 0.2) is 0 Å². The Labute approximate surface area is 88.4 Å². The first-order chi connectivity index (χ1) is 6.73. The van der Waals surface area contributed by atoms with Crippen LogP contribution in [0.3, 0.4) is 0 Å². The van der Waals surface area contributed by atoms with Gasteiger partial charge >= 0.3 is 11.8 Å². The SMILES string of the molecule is CC(=O)SCCC(F)(F)C(F)(F)CCF. The maximum Gasteiger partial charge on any atom is 0.312 e. The highest BCUT2D eigenvalue weighted by Crippen LogP contribution is 2.40. The van der Waals surface area contributed by atoms with Gasteiger partial charge in [-0.3, -0.25) is 9.18 Å². The van der Waals surface area contributed by atoms with E-state index in [0.717, 1.165) is 6.92 Å². The summed E-state index contributed by atoms with van der Waals surface area (Å²) in [4.78, 5) is 10.4. The Hall–Kier alpha value is -0.330. The van der Waals surface area contributed by atoms with Gasteiger partial charge in [0.25, 0.3) is 0 Å². The van der Waals surface area contributed by atoms with Gasteiger partial charge in [-0.2, -0.15) is 17.6 Å². The summed E-state index contributed by atoms with van der Waals surface area (Å²) in [5.41, 5.74) is 0. The second kappa shape index (κ2) is 5.67. The summed E-state index contributed by atoms with van der Waals surface area (Å²) >= 11 is 0.546. The van der Waals surface area contributed by atoms with Crippen molar-refractivity contribution in [3.8, 4) is 0 Å². The van der Waals surface area contributed by atoms with E-state index in [1.807, 2.05) is 0 Å². The normalized spacial score (nSPS) is 12.9. The number of hydrogen-bond acceptors (Lipinski definition) is 2. The molecule has 90 valence electrons. The molecule has 0 heterocycles. The van der Waals surface area contributed by atoms with Gasteiger partial charge in [-0.25, -0.2) is 0 Å². The van der Waals surface area contributed by atoms with E-state index in [1.54, 1.807) is 0 Å². The maximum absolute atomic E-state index is 12.8. The molecule has 0 aliphatic heterocycles. The zero-order valence-electron chi connectivity index (χ0n) is 8.03. The third-order valence-electron chi connectivity index (χ3n) is 1.66. The second-order valence-electron chi connectivity index (χ2n) is 2.94. The molecule has 0 aromatic carbocycles. The summed E-state index contributed by atoms with van der Waals surface area (Å²) in [5.74, 6) is -9.01. The van der Waals surface area contributed by atoms with Gasteiger partial charge in [-0.15, -0.1) is 0 Å². The minimum absolute atomic E-state index is 0.399. The average molecular weight is 250 g/mol. The zero-order valence-corrected chi connectivity index (χ0v) is 8.85. The van der Waals surface area contributed by atoms with Gasteiger partial charge in [0, 0.05) is 25.5 Å². The lowest BCUT2D eigenvalue weighted by atomic mass is 10.1. The molecule has 0 amide bonds. The minimum Gasteiger partial charge on any atom is -0.288 e. The highest BCUT2D eigenvalue weighted by Gasteiger charge is 2.54. The Morgan fingerprint density at radius 1 is 1.13 bits per heavy atom. The maximum atomic E-state index is 12.8. The summed E-state index contributed by atoms with van der Waals surface area (Å²) < 4.78 is 62.5. The smallest absolute Gasteiger partial charge is 0.288 e. The molecule has 0 spiro atoms. The standard InChI is InChI=1S/C8H11F5OS/c1-6(14)15-5-3-8(12,13)7(10,11)2-4-9/h2-5H2,1H3. The van der Waals surface area contributed by atoms with Crippen LogP contribution in [-0.2, 0) is 4.79 Å². The van der Waals surface area contributed by atoms with Crippen LogP contribution in [0.1, 0.15) is 19.8 Å². The summed E-state index contributed by atoms with van der Waals surface area (Å²) in [6.07, 6.45) is -2.63. The molecule has 0 atom stereocenters. The number of halogens is 5. The quantitative estimate of drug-likeness (QED) is 0.673. The molecule has 0 saturated heterocycles. The fourth-order valence-corrected chi connectivity index (χ4v) is 1.45. The van der Waals surface area contributed by atoms with Crippen LogP contribution in [-0.4, -0.2) is 29.4 Å². The largest absolute Gasteiger partial charge is 0.312 e. The van der Waals surface area contributed by atoms with Crippen molar-refractivity contribution >= 4 is 16.9 Å². The van der Waals surface area contributed by atoms with Crippen LogP contribution >= 0.6 is 11.8 Å². The molecule has 15 heavy (non-hydrogen) atoms. The van der Waals surface area contributed by atoms with Crippen molar-refractivity contribution in [1.29, 1.82) is 0 Å². The van der Waals surface area contributed by atoms with Crippen molar-refractivity contribution in [3.05, 3.63) is 0 Å². The molecule has 1 nitrogen and oxygen atoms in total. The molecule has 7 heteroatoms. The number of rotatable bonds is 6. The van der Waals surface area contributed by atoms with Crippen LogP contribution in [0.4, 0.5) is 22.0 Å². The highest BCUT2D eigenvalue weighted by atomic mass is 32.2. The molecular formula is C8H11F5OS. The zero-order chi connectivity index (χ0) is 12.1. The molecule has 0 saturated carbocycles. The van der Waals surface area contributed by atoms with Crippen LogP contribution in [0.25, 0.3) is 0 Å². The molecule has 0 bridgehead atoms. The van der Waals surface area contributed by atoms with Crippen molar-refractivity contribution in [1.82, 2.24) is 0 Å². The number of hydrogen-bond donors (Lipinski definition) is 0. The van der Waals surface area contributed by atoms with E-state index in [0.29, 0.717) is 11.8 Å². The lowest BCUT2D eigenvalue weighted by Gasteiger charge is -2.25. The van der Waals surface area contributed by atoms with Crippen molar-refractivity contribution in [3.63, 3.8) is 0 Å². The lowest BCUT2D eigenvalue weighted by Crippen LogP contribution is -2.41. The predicted molar refractivity (Wildman–Crippen MR) is 48.2 cm³/mol. The van der Waals surface area contributed by atoms with Gasteiger partial charge < -0.3 is 0 Å². The molecule has 0 N–H and O–H groups in total. The summed E-state index contributed by atoms with van der Waals surface area (Å²) in [6.45, 7) is -0.342. The molecule has 0 rings (SSSR count). The Morgan fingerprint density at radius 3 is 2.00 bits per heavy atom. The third kappa shape index (κ3) is 4.81. The van der Waals surface area contributed by atoms with E-state index in [4.69, 9.17) is 0 Å². The Morgan fingerprint density at radius 2 is 1.60 bits per heavy atom. The third-order valence-corrected chi connectivity index (χ3v) is 2.48. The molecule has 0 aliphatic rings. The van der Waals surface area contributed by atoms with Gasteiger partial charge in [0.2, 0.25) is 0 Å². The van der Waals surface area contributed by atoms with Crippen LogP contribution in [0.5, 0.6) is 0 Å². The van der Waals surface area contributed by atoms with E-state index in [1.165, 1.54) is 0 Å². The second-order valence-corrected chi connectivity index (χ2v) is 4.21. The first kappa shape index (κ1) is 14.7. The van der Waals surface area contributed by atoms with E-state index in [-0.39, 0.29) is 0 Å². The van der Waals surface area contributed by atoms with Crippen molar-refractivity contribution in [2.75, 3.05) is 12.4 Å². The predicted octanol–water partition coefficient (Wildman–Crippen LogP) is 3.29. The van der Waals surface area contributed by atoms with Crippen molar-refractivity contribution in [2.45, 2.75) is 31.6 Å². The summed E-state index contributed by atoms with van der Waals surface area (Å²) in [7, 11) is 0. The van der Waals surface area contributed by atoms with Crippen LogP contribution in [0.2, 0.25) is 0 Å². The van der Waals surface area contributed by atoms with Crippen LogP contribution < -0.4 is 0 Å². The van der Waals surface area contributed by atoms with Gasteiger partial charge in [-0.05, 0) is 0 Å². The fraction of sp³-hybridized carbons (Fsp3) is 0.875. The number of thioether (sulfide) groups is 1. The molecule has 0 aliphatic carbocycles. The summed E-state index contributed by atoms with van der Waals surface area (Å²) in [5, 5.41) is -0.417. The summed E-state index contributed by atoms with van der Waals surface area (Å²) in [6, 6.07) is 0. The molecule has 0 aromatic heterocycles. The van der Waals surface area contributed by atoms with Gasteiger partial charge in [0.05, 0.1) is 6.67 Å². The van der Waals surface area contributed by atoms with Crippen molar-refractivity contribution in [2.24, 2.45) is 0 Å². The lowest BCUT2D eigenvalue weighted by molar-refractivity contribution is -0.213. The van der Waals surface area contributed by atoms with Gasteiger partial charge in [0.15, 0.2) is 5.12 Å².